The molecule has 1 heterocycles. The van der Waals surface area contributed by atoms with Crippen molar-refractivity contribution in [1.82, 2.24) is 15.2 Å². The Morgan fingerprint density at radius 1 is 1.39 bits per heavy atom. The van der Waals surface area contributed by atoms with Gasteiger partial charge in [-0.1, -0.05) is 0 Å². The molecule has 0 aliphatic heterocycles. The smallest absolute Gasteiger partial charge is 0.387 e. The Hall–Kier alpha value is -2.84. The second-order valence-electron chi connectivity index (χ2n) is 4.52. The number of carbonyl (C=O) groups is 1. The number of hydrogen-bond acceptors (Lipinski definition) is 4. The molecule has 2 aromatic rings. The maximum atomic E-state index is 13.6. The van der Waals surface area contributed by atoms with Crippen molar-refractivity contribution in [3.8, 4) is 5.75 Å². The van der Waals surface area contributed by atoms with Gasteiger partial charge < -0.3 is 4.74 Å². The summed E-state index contributed by atoms with van der Waals surface area (Å²) in [7, 11) is 1.45. The van der Waals surface area contributed by atoms with E-state index in [0.29, 0.717) is 5.69 Å². The lowest BCUT2D eigenvalue weighted by Gasteiger charge is -2.04. The molecule has 2 rings (SSSR count). The van der Waals surface area contributed by atoms with Crippen LogP contribution in [-0.2, 0) is 7.05 Å². The molecule has 0 unspecified atom stereocenters. The molecule has 0 saturated heterocycles. The first kappa shape index (κ1) is 16.5. The highest BCUT2D eigenvalue weighted by molar-refractivity contribution is 5.95. The fourth-order valence-electron chi connectivity index (χ4n) is 1.80. The first-order chi connectivity index (χ1) is 10.9. The number of alkyl halides is 2. The highest BCUT2D eigenvalue weighted by atomic mass is 19.3. The lowest BCUT2D eigenvalue weighted by molar-refractivity contribution is -0.0498. The second-order valence-corrected chi connectivity index (χ2v) is 4.52. The number of hydrazone groups is 1. The van der Waals surface area contributed by atoms with E-state index in [-0.39, 0.29) is 16.9 Å². The molecule has 23 heavy (non-hydrogen) atoms. The summed E-state index contributed by atoms with van der Waals surface area (Å²) in [6, 6.07) is 5.07. The van der Waals surface area contributed by atoms with Crippen LogP contribution < -0.4 is 10.2 Å². The fraction of sp³-hybridized carbons (Fsp3) is 0.214. The first-order valence-electron chi connectivity index (χ1n) is 6.46. The van der Waals surface area contributed by atoms with Gasteiger partial charge in [0.15, 0.2) is 0 Å². The van der Waals surface area contributed by atoms with E-state index in [9.17, 15) is 18.0 Å². The van der Waals surface area contributed by atoms with Crippen molar-refractivity contribution in [2.45, 2.75) is 13.5 Å². The van der Waals surface area contributed by atoms with Crippen LogP contribution in [0.1, 0.15) is 21.6 Å². The molecule has 0 fully saturated rings. The summed E-state index contributed by atoms with van der Waals surface area (Å²) in [6.07, 6.45) is 1.14. The quantitative estimate of drug-likeness (QED) is 0.677. The summed E-state index contributed by atoms with van der Waals surface area (Å²) in [5, 5.41) is 7.52. The number of rotatable bonds is 5. The predicted molar refractivity (Wildman–Crippen MR) is 76.0 cm³/mol. The minimum absolute atomic E-state index is 0.0619. The van der Waals surface area contributed by atoms with Crippen LogP contribution in [0.25, 0.3) is 0 Å². The monoisotopic (exact) mass is 326 g/mol. The van der Waals surface area contributed by atoms with Gasteiger partial charge in [0, 0.05) is 12.6 Å². The van der Waals surface area contributed by atoms with Crippen molar-refractivity contribution >= 4 is 12.1 Å². The molecule has 0 spiro atoms. The first-order valence-corrected chi connectivity index (χ1v) is 6.46. The van der Waals surface area contributed by atoms with Gasteiger partial charge in [-0.3, -0.25) is 4.79 Å². The number of ether oxygens (including phenoxy) is 1. The third kappa shape index (κ3) is 4.09. The summed E-state index contributed by atoms with van der Waals surface area (Å²) in [5.41, 5.74) is 2.98. The van der Waals surface area contributed by atoms with Crippen LogP contribution in [-0.4, -0.2) is 28.5 Å². The molecule has 6 nitrogen and oxygen atoms in total. The van der Waals surface area contributed by atoms with Gasteiger partial charge in [0.1, 0.15) is 5.75 Å². The summed E-state index contributed by atoms with van der Waals surface area (Å²) in [5.74, 6) is -1.21. The van der Waals surface area contributed by atoms with Gasteiger partial charge >= 0.3 is 6.61 Å². The molecule has 0 saturated carbocycles. The van der Waals surface area contributed by atoms with E-state index in [1.54, 1.807) is 6.92 Å². The van der Waals surface area contributed by atoms with Gasteiger partial charge in [-0.15, -0.1) is 0 Å². The number of aryl methyl sites for hydroxylation is 2. The number of hydrogen-bond donors (Lipinski definition) is 1. The average molecular weight is 326 g/mol. The third-order valence-electron chi connectivity index (χ3n) is 2.90. The van der Waals surface area contributed by atoms with Crippen molar-refractivity contribution in [2.75, 3.05) is 0 Å². The van der Waals surface area contributed by atoms with E-state index < -0.39 is 18.5 Å². The predicted octanol–water partition coefficient (Wildman–Crippen LogP) is 2.23. The Labute approximate surface area is 129 Å². The third-order valence-corrected chi connectivity index (χ3v) is 2.90. The van der Waals surface area contributed by atoms with Crippen LogP contribution in [0.2, 0.25) is 0 Å². The molecule has 1 aromatic heterocycles. The Kier molecular flexibility index (Phi) is 4.99. The van der Waals surface area contributed by atoms with E-state index in [2.05, 4.69) is 20.4 Å². The van der Waals surface area contributed by atoms with Crippen LogP contribution in [0.15, 0.2) is 29.4 Å². The second kappa shape index (κ2) is 6.95. The number of halogens is 3. The standard InChI is InChI=1S/C14H13F3N4O2/c1-8-11(12(15)21(2)20-8)7-18-19-13(22)9-3-5-10(6-4-9)23-14(16)17/h3-7,14H,1-2H3,(H,19,22). The molecule has 0 radical (unpaired) electrons. The molecule has 0 aliphatic rings. The topological polar surface area (TPSA) is 68.5 Å². The Bertz CT molecular complexity index is 726. The highest BCUT2D eigenvalue weighted by Crippen LogP contribution is 2.14. The van der Waals surface area contributed by atoms with Crippen molar-refractivity contribution in [3.63, 3.8) is 0 Å². The molecule has 9 heteroatoms. The molecule has 0 aliphatic carbocycles. The number of aromatic nitrogens is 2. The minimum atomic E-state index is -2.93. The normalized spacial score (nSPS) is 11.2. The lowest BCUT2D eigenvalue weighted by Crippen LogP contribution is -2.17. The Morgan fingerprint density at radius 3 is 2.57 bits per heavy atom. The van der Waals surface area contributed by atoms with Gasteiger partial charge in [-0.25, -0.2) is 10.1 Å². The SMILES string of the molecule is Cc1nn(C)c(F)c1C=NNC(=O)c1ccc(OC(F)F)cc1. The molecule has 122 valence electrons. The number of nitrogens with zero attached hydrogens (tertiary/aromatic N) is 3. The fourth-order valence-corrected chi connectivity index (χ4v) is 1.80. The largest absolute Gasteiger partial charge is 0.435 e. The Morgan fingerprint density at radius 2 is 2.04 bits per heavy atom. The maximum absolute atomic E-state index is 13.6. The molecule has 0 bridgehead atoms. The zero-order valence-corrected chi connectivity index (χ0v) is 12.3. The van der Waals surface area contributed by atoms with Crippen molar-refractivity contribution in [2.24, 2.45) is 12.1 Å². The molecular formula is C14H13F3N4O2. The Balaban J connectivity index is 2.00. The summed E-state index contributed by atoms with van der Waals surface area (Å²) in [6.45, 7) is -1.33. The van der Waals surface area contributed by atoms with E-state index in [1.165, 1.54) is 31.3 Å². The number of nitrogens with one attached hydrogen (secondary N) is 1. The van der Waals surface area contributed by atoms with Gasteiger partial charge in [-0.05, 0) is 31.2 Å². The van der Waals surface area contributed by atoms with Gasteiger partial charge in [0.2, 0.25) is 5.95 Å². The van der Waals surface area contributed by atoms with Gasteiger partial charge in [0.05, 0.1) is 17.5 Å². The molecule has 1 aromatic carbocycles. The molecule has 1 N–H and O–H groups in total. The van der Waals surface area contributed by atoms with Crippen LogP contribution in [0.3, 0.4) is 0 Å². The maximum Gasteiger partial charge on any atom is 0.387 e. The zero-order chi connectivity index (χ0) is 17.0. The molecule has 0 atom stereocenters. The van der Waals surface area contributed by atoms with E-state index in [0.717, 1.165) is 10.9 Å². The van der Waals surface area contributed by atoms with Crippen molar-refractivity contribution < 1.29 is 22.7 Å². The zero-order valence-electron chi connectivity index (χ0n) is 12.3. The number of carbonyl (C=O) groups excluding carboxylic acids is 1. The summed E-state index contributed by atoms with van der Waals surface area (Å²) in [4.78, 5) is 11.8. The van der Waals surface area contributed by atoms with Crippen molar-refractivity contribution in [3.05, 3.63) is 47.0 Å². The molecule has 1 amide bonds. The number of benzene rings is 1. The van der Waals surface area contributed by atoms with Gasteiger partial charge in [-0.2, -0.15) is 23.4 Å². The highest BCUT2D eigenvalue weighted by Gasteiger charge is 2.11. The van der Waals surface area contributed by atoms with Crippen LogP contribution in [0.5, 0.6) is 5.75 Å². The summed E-state index contributed by atoms with van der Waals surface area (Å²) < 4.78 is 42.9. The average Bonchev–Trinajstić information content (AvgIpc) is 2.73. The molecular weight excluding hydrogens is 313 g/mol. The lowest BCUT2D eigenvalue weighted by atomic mass is 10.2. The van der Waals surface area contributed by atoms with E-state index >= 15 is 0 Å². The number of amides is 1. The van der Waals surface area contributed by atoms with E-state index in [1.807, 2.05) is 0 Å². The van der Waals surface area contributed by atoms with E-state index in [4.69, 9.17) is 0 Å². The van der Waals surface area contributed by atoms with Crippen LogP contribution in [0.4, 0.5) is 13.2 Å². The van der Waals surface area contributed by atoms with Crippen LogP contribution in [0, 0.1) is 12.9 Å². The van der Waals surface area contributed by atoms with Gasteiger partial charge in [0.25, 0.3) is 5.91 Å². The van der Waals surface area contributed by atoms with Crippen molar-refractivity contribution in [1.29, 1.82) is 0 Å². The van der Waals surface area contributed by atoms with Crippen LogP contribution >= 0.6 is 0 Å². The minimum Gasteiger partial charge on any atom is -0.435 e. The summed E-state index contributed by atoms with van der Waals surface area (Å²) >= 11 is 0.